The summed E-state index contributed by atoms with van der Waals surface area (Å²) in [4.78, 5) is 39.8. The second-order valence-electron chi connectivity index (χ2n) is 18.9. The summed E-state index contributed by atoms with van der Waals surface area (Å²) >= 11 is 0. The molecule has 0 radical (unpaired) electrons. The van der Waals surface area contributed by atoms with Crippen molar-refractivity contribution in [3.8, 4) is 0 Å². The summed E-state index contributed by atoms with van der Waals surface area (Å²) in [6, 6.07) is 17.2. The van der Waals surface area contributed by atoms with Gasteiger partial charge in [0.25, 0.3) is 0 Å². The molecule has 6 N–H and O–H groups in total. The third-order valence-corrected chi connectivity index (χ3v) is 16.8. The van der Waals surface area contributed by atoms with Crippen molar-refractivity contribution in [1.82, 2.24) is 20.9 Å². The molecule has 0 aromatic heterocycles. The molecule has 3 heterocycles. The second kappa shape index (κ2) is 13.1. The molecular weight excluding hydrogens is 681 g/mol. The second-order valence-corrected chi connectivity index (χ2v) is 18.9. The summed E-state index contributed by atoms with van der Waals surface area (Å²) in [6.45, 7) is 7.66. The van der Waals surface area contributed by atoms with E-state index in [4.69, 9.17) is 0 Å². The lowest BCUT2D eigenvalue weighted by atomic mass is 8.92. The maximum absolute atomic E-state index is 12.5. The molecule has 2 aromatic carbocycles. The molecule has 9 fully saturated rings. The van der Waals surface area contributed by atoms with Gasteiger partial charge in [0.05, 0.1) is 17.8 Å². The van der Waals surface area contributed by atoms with E-state index in [1.165, 1.54) is 11.1 Å². The van der Waals surface area contributed by atoms with Gasteiger partial charge in [0, 0.05) is 19.6 Å². The first-order chi connectivity index (χ1) is 26.2. The fourth-order valence-corrected chi connectivity index (χ4v) is 14.8. The summed E-state index contributed by atoms with van der Waals surface area (Å²) in [5.74, 6) is 1.92. The summed E-state index contributed by atoms with van der Waals surface area (Å²) < 4.78 is 0. The minimum atomic E-state index is -0.711. The summed E-state index contributed by atoms with van der Waals surface area (Å²) in [7, 11) is 0. The highest BCUT2D eigenvalue weighted by atomic mass is 16.4. The van der Waals surface area contributed by atoms with Crippen molar-refractivity contribution in [3.63, 3.8) is 0 Å². The Bertz CT molecular complexity index is 1680. The van der Waals surface area contributed by atoms with Crippen molar-refractivity contribution >= 4 is 17.9 Å². The number of rotatable bonds is 18. The van der Waals surface area contributed by atoms with Crippen LogP contribution in [0.5, 0.6) is 0 Å². The van der Waals surface area contributed by atoms with E-state index in [1.807, 2.05) is 0 Å². The van der Waals surface area contributed by atoms with Gasteiger partial charge in [-0.15, -0.1) is 0 Å². The molecule has 0 bridgehead atoms. The van der Waals surface area contributed by atoms with Crippen LogP contribution in [-0.2, 0) is 40.3 Å². The predicted octanol–water partition coefficient (Wildman–Crippen LogP) is 3.83. The fourth-order valence-electron chi connectivity index (χ4n) is 14.8. The molecule has 0 spiro atoms. The molecule has 10 nitrogen and oxygen atoms in total. The van der Waals surface area contributed by atoms with Gasteiger partial charge in [-0.3, -0.25) is 19.3 Å². The average Bonchev–Trinajstić information content (AvgIpc) is 3.98. The number of hydrogen-bond acceptors (Lipinski definition) is 7. The fraction of sp³-hybridized carbons (Fsp3) is 0.659. The van der Waals surface area contributed by atoms with Gasteiger partial charge in [-0.05, 0) is 164 Å². The van der Waals surface area contributed by atoms with Crippen LogP contribution >= 0.6 is 0 Å². The Morgan fingerprint density at radius 2 is 0.981 bits per heavy atom. The molecule has 11 rings (SSSR count). The molecule has 6 atom stereocenters. The van der Waals surface area contributed by atoms with Gasteiger partial charge < -0.3 is 31.3 Å². The van der Waals surface area contributed by atoms with Crippen molar-refractivity contribution < 1.29 is 29.7 Å². The van der Waals surface area contributed by atoms with E-state index in [2.05, 4.69) is 69.4 Å². The van der Waals surface area contributed by atoms with Gasteiger partial charge in [0.2, 0.25) is 0 Å². The van der Waals surface area contributed by atoms with Crippen molar-refractivity contribution in [1.29, 1.82) is 0 Å². The molecule has 9 aliphatic rings. The van der Waals surface area contributed by atoms with Gasteiger partial charge in [-0.25, -0.2) is 0 Å². The zero-order valence-electron chi connectivity index (χ0n) is 31.2. The van der Waals surface area contributed by atoms with E-state index in [-0.39, 0.29) is 23.7 Å². The van der Waals surface area contributed by atoms with Gasteiger partial charge in [-0.1, -0.05) is 48.5 Å². The van der Waals surface area contributed by atoms with Crippen LogP contribution in [0.15, 0.2) is 48.5 Å². The van der Waals surface area contributed by atoms with Crippen molar-refractivity contribution in [2.75, 3.05) is 45.8 Å². The van der Waals surface area contributed by atoms with Crippen LogP contribution in [0, 0.1) is 81.8 Å². The molecule has 6 aliphatic carbocycles. The van der Waals surface area contributed by atoms with Crippen LogP contribution < -0.4 is 16.0 Å². The van der Waals surface area contributed by atoms with E-state index < -0.39 is 29.7 Å². The number of benzene rings is 2. The highest BCUT2D eigenvalue weighted by Crippen LogP contribution is 3.11. The molecule has 10 heteroatoms. The lowest BCUT2D eigenvalue weighted by Gasteiger charge is -3.12. The number of nitrogens with one attached hydrogen (secondary N) is 3. The SMILES string of the molecule is O=C(O)C(CC12C3C4C1C1C2C3C41CN(Cc1cccc(C[C@H](C(=O)O)[C@H]2CCNC2)c1)Cc1cccc(C[C@H](C(=O)O)[C@H]2CCNC2)c1)[C@H]1CCNC1. The summed E-state index contributed by atoms with van der Waals surface area (Å²) in [5, 5.41) is 40.6. The van der Waals surface area contributed by atoms with E-state index in [0.29, 0.717) is 23.7 Å². The first-order valence-electron chi connectivity index (χ1n) is 20.9. The standard InChI is InChI=1S/C44H56N4O6/c49-40(50)31(28-7-10-45-18-28)15-24-3-1-5-26(13-24)21-48(22-27-6-2-4-25(14-27)16-32(41(51)52)29-8-11-46-19-29)23-44-37-34-38(44)36-39(44)35(37)43(34,36)17-33(42(53)54)30-9-12-47-20-30/h1-6,13-14,28-39,45-47H,7-12,15-23H2,(H,49,50)(H,51,52)(H,53,54)/t28-,29-,30-,31-,32-,33?,34?,35?,36?,37?,38?,39?,43?,44?/m0/s1. The van der Waals surface area contributed by atoms with E-state index in [0.717, 1.165) is 131 Å². The lowest BCUT2D eigenvalue weighted by molar-refractivity contribution is -0.660. The number of hydrogen-bond donors (Lipinski definition) is 6. The van der Waals surface area contributed by atoms with Crippen LogP contribution in [0.1, 0.15) is 47.9 Å². The number of carboxylic acids is 3. The van der Waals surface area contributed by atoms with Crippen molar-refractivity contribution in [3.05, 3.63) is 70.8 Å². The van der Waals surface area contributed by atoms with E-state index in [1.54, 1.807) is 0 Å². The van der Waals surface area contributed by atoms with Gasteiger partial charge in [0.1, 0.15) is 0 Å². The first kappa shape index (κ1) is 35.1. The Labute approximate surface area is 317 Å². The van der Waals surface area contributed by atoms with Crippen LogP contribution in [-0.4, -0.2) is 83.9 Å². The van der Waals surface area contributed by atoms with E-state index >= 15 is 0 Å². The van der Waals surface area contributed by atoms with Crippen molar-refractivity contribution in [2.24, 2.45) is 81.8 Å². The zero-order valence-corrected chi connectivity index (χ0v) is 31.2. The Kier molecular flexibility index (Phi) is 8.55. The smallest absolute Gasteiger partial charge is 0.307 e. The van der Waals surface area contributed by atoms with Crippen LogP contribution in [0.2, 0.25) is 0 Å². The molecule has 3 saturated heterocycles. The maximum Gasteiger partial charge on any atom is 0.307 e. The normalized spacial score (nSPS) is 39.0. The summed E-state index contributed by atoms with van der Waals surface area (Å²) in [6.07, 6.45) is 4.75. The average molecular weight is 737 g/mol. The molecule has 2 aromatic rings. The number of nitrogens with zero attached hydrogens (tertiary/aromatic N) is 1. The van der Waals surface area contributed by atoms with Crippen LogP contribution in [0.3, 0.4) is 0 Å². The third kappa shape index (κ3) is 5.08. The minimum Gasteiger partial charge on any atom is -0.481 e. The Hall–Kier alpha value is -3.31. The third-order valence-electron chi connectivity index (χ3n) is 16.8. The first-order valence-corrected chi connectivity index (χ1v) is 20.9. The molecule has 3 aliphatic heterocycles. The van der Waals surface area contributed by atoms with Gasteiger partial charge in [-0.2, -0.15) is 0 Å². The molecular formula is C44H56N4O6. The molecule has 288 valence electrons. The molecule has 6 saturated carbocycles. The molecule has 0 amide bonds. The lowest BCUT2D eigenvalue weighted by Crippen LogP contribution is -3.10. The summed E-state index contributed by atoms with van der Waals surface area (Å²) in [5.41, 5.74) is 5.25. The molecule has 1 unspecified atom stereocenters. The minimum absolute atomic E-state index is 0.151. The zero-order chi connectivity index (χ0) is 36.9. The highest BCUT2D eigenvalue weighted by molar-refractivity contribution is 5.72. The Morgan fingerprint density at radius 3 is 1.37 bits per heavy atom. The van der Waals surface area contributed by atoms with Gasteiger partial charge >= 0.3 is 17.9 Å². The topological polar surface area (TPSA) is 151 Å². The Balaban J connectivity index is 0.874. The molecule has 54 heavy (non-hydrogen) atoms. The van der Waals surface area contributed by atoms with E-state index in [9.17, 15) is 29.7 Å². The largest absolute Gasteiger partial charge is 0.481 e. The Morgan fingerprint density at radius 1 is 0.593 bits per heavy atom. The van der Waals surface area contributed by atoms with Gasteiger partial charge in [0.15, 0.2) is 0 Å². The monoisotopic (exact) mass is 736 g/mol. The van der Waals surface area contributed by atoms with Crippen molar-refractivity contribution in [2.45, 2.75) is 51.6 Å². The quantitative estimate of drug-likeness (QED) is 0.133. The predicted molar refractivity (Wildman–Crippen MR) is 201 cm³/mol. The number of carboxylic acid groups (broad SMARTS) is 3. The van der Waals surface area contributed by atoms with Crippen LogP contribution in [0.4, 0.5) is 0 Å². The number of carbonyl (C=O) groups is 3. The highest BCUT2D eigenvalue weighted by Gasteiger charge is 3.09. The maximum atomic E-state index is 12.5. The van der Waals surface area contributed by atoms with Crippen LogP contribution in [0.25, 0.3) is 0 Å². The number of aliphatic carboxylic acids is 3.